The monoisotopic (exact) mass is 528 g/mol. The van der Waals surface area contributed by atoms with Gasteiger partial charge in [-0.3, -0.25) is 8.57 Å². The third-order valence-electron chi connectivity index (χ3n) is 7.17. The summed E-state index contributed by atoms with van der Waals surface area (Å²) in [4.78, 5) is 0.0277. The Balaban J connectivity index is 1.43. The van der Waals surface area contributed by atoms with E-state index in [1.54, 1.807) is 36.4 Å². The van der Waals surface area contributed by atoms with Gasteiger partial charge < -0.3 is 0 Å². The van der Waals surface area contributed by atoms with Gasteiger partial charge in [0.1, 0.15) is 9.79 Å². The van der Waals surface area contributed by atoms with Gasteiger partial charge in [-0.05, 0) is 71.9 Å². The fraction of sp³-hybridized carbons (Fsp3) is 0.308. The molecule has 0 bridgehead atoms. The third-order valence-corrected chi connectivity index (χ3v) is 9.41. The van der Waals surface area contributed by atoms with E-state index in [4.69, 9.17) is 8.57 Å². The van der Waals surface area contributed by atoms with E-state index in [2.05, 4.69) is 37.3 Å². The number of oxime groups is 2. The van der Waals surface area contributed by atoms with Crippen molar-refractivity contribution in [3.8, 4) is 0 Å². The summed E-state index contributed by atoms with van der Waals surface area (Å²) in [7, 11) is -8.08. The van der Waals surface area contributed by atoms with Crippen molar-refractivity contribution < 1.29 is 25.4 Å². The van der Waals surface area contributed by atoms with Crippen LogP contribution in [0.25, 0.3) is 12.2 Å². The van der Waals surface area contributed by atoms with E-state index in [9.17, 15) is 16.8 Å². The Kier molecular flexibility index (Phi) is 6.70. The standard InChI is InChI=1S/C26H28N2O6S2/c1-5-19-7-11-23(12-8-19)35(29,30)33-27-21-15-25(3)17-22(18-26(25,4)16-21)28-34-36(31,32)24-13-9-20(6-2)10-14-24/h5-14H,1-2,15-18H2,3-4H3. The second-order valence-corrected chi connectivity index (χ2v) is 12.8. The molecule has 0 saturated heterocycles. The summed E-state index contributed by atoms with van der Waals surface area (Å²) in [6, 6.07) is 12.3. The molecule has 10 heteroatoms. The molecule has 2 fully saturated rings. The second kappa shape index (κ2) is 9.33. The molecule has 0 amide bonds. The van der Waals surface area contributed by atoms with E-state index in [-0.39, 0.29) is 20.6 Å². The molecule has 0 unspecified atom stereocenters. The smallest absolute Gasteiger partial charge is 0.265 e. The Bertz CT molecular complexity index is 1330. The van der Waals surface area contributed by atoms with Gasteiger partial charge in [0.25, 0.3) is 0 Å². The average molecular weight is 529 g/mol. The first-order chi connectivity index (χ1) is 16.9. The molecule has 36 heavy (non-hydrogen) atoms. The van der Waals surface area contributed by atoms with E-state index in [0.717, 1.165) is 11.1 Å². The molecule has 0 heterocycles. The highest BCUT2D eigenvalue weighted by Gasteiger charge is 2.57. The van der Waals surface area contributed by atoms with Crippen molar-refractivity contribution >= 4 is 43.8 Å². The highest BCUT2D eigenvalue weighted by molar-refractivity contribution is 7.87. The highest BCUT2D eigenvalue weighted by atomic mass is 32.2. The second-order valence-electron chi connectivity index (χ2n) is 9.75. The van der Waals surface area contributed by atoms with Crippen molar-refractivity contribution in [2.75, 3.05) is 0 Å². The SMILES string of the molecule is C=Cc1ccc(S(=O)(=O)ON=C2CC3(C)CC(=NOS(=O)(=O)c4ccc(C=C)cc4)CC3(C)C2)cc1. The van der Waals surface area contributed by atoms with Crippen LogP contribution in [0.1, 0.15) is 50.7 Å². The summed E-state index contributed by atoms with van der Waals surface area (Å²) in [5.74, 6) is 0. The van der Waals surface area contributed by atoms with Crippen LogP contribution >= 0.6 is 0 Å². The van der Waals surface area contributed by atoms with Crippen LogP contribution in [0, 0.1) is 10.8 Å². The van der Waals surface area contributed by atoms with Gasteiger partial charge in [0, 0.05) is 0 Å². The summed E-state index contributed by atoms with van der Waals surface area (Å²) in [6.45, 7) is 11.4. The Morgan fingerprint density at radius 2 is 0.972 bits per heavy atom. The first-order valence-corrected chi connectivity index (χ1v) is 14.2. The molecule has 0 spiro atoms. The molecule has 2 aromatic rings. The molecule has 0 radical (unpaired) electrons. The number of nitrogens with zero attached hydrogens (tertiary/aromatic N) is 2. The van der Waals surface area contributed by atoms with E-state index in [1.165, 1.54) is 24.3 Å². The zero-order valence-electron chi connectivity index (χ0n) is 20.2. The number of benzene rings is 2. The number of hydrogen-bond donors (Lipinski definition) is 0. The summed E-state index contributed by atoms with van der Waals surface area (Å²) in [6.07, 6.45) is 5.25. The van der Waals surface area contributed by atoms with Gasteiger partial charge in [-0.25, -0.2) is 0 Å². The summed E-state index contributed by atoms with van der Waals surface area (Å²) < 4.78 is 60.1. The highest BCUT2D eigenvalue weighted by Crippen LogP contribution is 2.60. The topological polar surface area (TPSA) is 111 Å². The largest absolute Gasteiger partial charge is 0.358 e. The maximum absolute atomic E-state index is 12.5. The number of fused-ring (bicyclic) bond motifs is 1. The third kappa shape index (κ3) is 5.01. The number of rotatable bonds is 8. The van der Waals surface area contributed by atoms with Crippen molar-refractivity contribution in [1.82, 2.24) is 0 Å². The lowest BCUT2D eigenvalue weighted by molar-refractivity contribution is 0.157. The molecule has 2 aliphatic carbocycles. The molecule has 2 saturated carbocycles. The maximum Gasteiger partial charge on any atom is 0.358 e. The van der Waals surface area contributed by atoms with Crippen LogP contribution in [0.4, 0.5) is 0 Å². The summed E-state index contributed by atoms with van der Waals surface area (Å²) in [5, 5.41) is 7.97. The molecule has 2 aromatic carbocycles. The van der Waals surface area contributed by atoms with E-state index in [1.807, 2.05) is 0 Å². The van der Waals surface area contributed by atoms with Gasteiger partial charge in [-0.15, -0.1) is 0 Å². The number of hydrogen-bond acceptors (Lipinski definition) is 8. The van der Waals surface area contributed by atoms with Crippen LogP contribution in [0.3, 0.4) is 0 Å². The Morgan fingerprint density at radius 1 is 0.667 bits per heavy atom. The lowest BCUT2D eigenvalue weighted by Gasteiger charge is -2.32. The van der Waals surface area contributed by atoms with Crippen molar-refractivity contribution in [2.24, 2.45) is 21.1 Å². The first kappa shape index (κ1) is 25.8. The van der Waals surface area contributed by atoms with E-state index in [0.29, 0.717) is 37.1 Å². The predicted molar refractivity (Wildman–Crippen MR) is 139 cm³/mol. The Morgan fingerprint density at radius 3 is 1.25 bits per heavy atom. The van der Waals surface area contributed by atoms with Gasteiger partial charge in [0.2, 0.25) is 0 Å². The zero-order chi connectivity index (χ0) is 26.2. The molecular weight excluding hydrogens is 500 g/mol. The Labute approximate surface area is 212 Å². The Hall–Kier alpha value is -3.24. The first-order valence-electron chi connectivity index (χ1n) is 11.3. The fourth-order valence-corrected chi connectivity index (χ4v) is 6.38. The maximum atomic E-state index is 12.5. The molecule has 0 aromatic heterocycles. The minimum absolute atomic E-state index is 0.0139. The van der Waals surface area contributed by atoms with Crippen molar-refractivity contribution in [3.05, 3.63) is 72.8 Å². The van der Waals surface area contributed by atoms with Gasteiger partial charge in [0.05, 0.1) is 11.4 Å². The molecular formula is C26H28N2O6S2. The van der Waals surface area contributed by atoms with E-state index < -0.39 is 20.2 Å². The molecule has 190 valence electrons. The normalized spacial score (nSPS) is 23.6. The van der Waals surface area contributed by atoms with Crippen molar-refractivity contribution in [1.29, 1.82) is 0 Å². The predicted octanol–water partition coefficient (Wildman–Crippen LogP) is 5.40. The van der Waals surface area contributed by atoms with Gasteiger partial charge in [-0.1, -0.05) is 73.7 Å². The van der Waals surface area contributed by atoms with Crippen LogP contribution < -0.4 is 0 Å². The zero-order valence-corrected chi connectivity index (χ0v) is 21.8. The molecule has 8 nitrogen and oxygen atoms in total. The molecule has 0 atom stereocenters. The van der Waals surface area contributed by atoms with Crippen molar-refractivity contribution in [3.63, 3.8) is 0 Å². The average Bonchev–Trinajstić information content (AvgIpc) is 3.24. The van der Waals surface area contributed by atoms with Gasteiger partial charge in [-0.2, -0.15) is 16.8 Å². The lowest BCUT2D eigenvalue weighted by Crippen LogP contribution is -2.25. The molecule has 4 rings (SSSR count). The van der Waals surface area contributed by atoms with Crippen molar-refractivity contribution in [2.45, 2.75) is 49.3 Å². The fourth-order valence-electron chi connectivity index (χ4n) is 4.86. The van der Waals surface area contributed by atoms with Crippen LogP contribution in [-0.4, -0.2) is 28.3 Å². The van der Waals surface area contributed by atoms with Gasteiger partial charge in [0.15, 0.2) is 0 Å². The van der Waals surface area contributed by atoms with Crippen LogP contribution in [0.5, 0.6) is 0 Å². The lowest BCUT2D eigenvalue weighted by atomic mass is 9.71. The summed E-state index contributed by atoms with van der Waals surface area (Å²) >= 11 is 0. The van der Waals surface area contributed by atoms with Crippen LogP contribution in [-0.2, 0) is 28.8 Å². The minimum Gasteiger partial charge on any atom is -0.265 e. The molecule has 2 aliphatic rings. The molecule has 0 N–H and O–H groups in total. The minimum atomic E-state index is -4.04. The van der Waals surface area contributed by atoms with Crippen LogP contribution in [0.15, 0.2) is 81.8 Å². The van der Waals surface area contributed by atoms with Crippen LogP contribution in [0.2, 0.25) is 0 Å². The molecule has 0 aliphatic heterocycles. The quantitative estimate of drug-likeness (QED) is 0.425. The summed E-state index contributed by atoms with van der Waals surface area (Å²) in [5.41, 5.74) is 2.29. The van der Waals surface area contributed by atoms with E-state index >= 15 is 0 Å². The van der Waals surface area contributed by atoms with Gasteiger partial charge >= 0.3 is 20.2 Å².